The average Bonchev–Trinajstić information content (AvgIpc) is 2.79. The number of carbonyl (C=O) groups is 1. The number of amides is 1. The highest BCUT2D eigenvalue weighted by Crippen LogP contribution is 2.33. The first kappa shape index (κ1) is 19.2. The highest BCUT2D eigenvalue weighted by molar-refractivity contribution is 5.95. The van der Waals surface area contributed by atoms with Gasteiger partial charge in [-0.1, -0.05) is 17.7 Å². The van der Waals surface area contributed by atoms with E-state index in [9.17, 15) is 4.79 Å². The fourth-order valence-corrected chi connectivity index (χ4v) is 4.54. The minimum Gasteiger partial charge on any atom is -0.490 e. The van der Waals surface area contributed by atoms with E-state index in [1.54, 1.807) is 6.07 Å². The number of rotatable bonds is 5. The van der Waals surface area contributed by atoms with E-state index in [1.807, 2.05) is 43.3 Å². The molecule has 0 saturated carbocycles. The van der Waals surface area contributed by atoms with E-state index >= 15 is 0 Å². The van der Waals surface area contributed by atoms with E-state index in [2.05, 4.69) is 10.2 Å². The number of carbonyl (C=O) groups excluding carboxylic acids is 1. The first-order valence-electron chi connectivity index (χ1n) is 10.8. The fraction of sp³-hybridized carbons (Fsp3) is 0.458. The zero-order chi connectivity index (χ0) is 20.5. The Kier molecular flexibility index (Phi) is 5.25. The minimum absolute atomic E-state index is 0.0371. The molecule has 3 fully saturated rings. The first-order valence-corrected chi connectivity index (χ1v) is 10.8. The van der Waals surface area contributed by atoms with Crippen molar-refractivity contribution in [3.8, 4) is 17.2 Å². The molecule has 6 nitrogen and oxygen atoms in total. The maximum Gasteiger partial charge on any atom is 0.251 e. The normalized spacial score (nSPS) is 26.8. The molecule has 4 aliphatic heterocycles. The van der Waals surface area contributed by atoms with Crippen molar-refractivity contribution in [2.24, 2.45) is 5.92 Å². The number of nitrogens with zero attached hydrogens (tertiary/aromatic N) is 1. The molecule has 0 unspecified atom stereocenters. The largest absolute Gasteiger partial charge is 0.490 e. The summed E-state index contributed by atoms with van der Waals surface area (Å²) < 4.78 is 17.7. The summed E-state index contributed by atoms with van der Waals surface area (Å²) in [6.07, 6.45) is 2.17. The topological polar surface area (TPSA) is 60.0 Å². The van der Waals surface area contributed by atoms with Crippen molar-refractivity contribution in [2.45, 2.75) is 31.9 Å². The maximum atomic E-state index is 12.8. The molecular formula is C24H28N2O4. The second-order valence-corrected chi connectivity index (χ2v) is 8.55. The van der Waals surface area contributed by atoms with Crippen LogP contribution < -0.4 is 19.5 Å². The fourth-order valence-electron chi connectivity index (χ4n) is 4.54. The highest BCUT2D eigenvalue weighted by Gasteiger charge is 2.35. The van der Waals surface area contributed by atoms with E-state index in [1.165, 1.54) is 18.4 Å². The van der Waals surface area contributed by atoms with Crippen molar-refractivity contribution in [1.82, 2.24) is 10.2 Å². The minimum atomic E-state index is -0.190. The van der Waals surface area contributed by atoms with Crippen LogP contribution in [-0.2, 0) is 0 Å². The summed E-state index contributed by atoms with van der Waals surface area (Å²) in [6, 6.07) is 13.6. The lowest BCUT2D eigenvalue weighted by Gasteiger charge is -2.44. The predicted octanol–water partition coefficient (Wildman–Crippen LogP) is 3.04. The Balaban J connectivity index is 1.18. The number of nitrogens with one attached hydrogen (secondary N) is 1. The third-order valence-corrected chi connectivity index (χ3v) is 6.35. The molecule has 4 heterocycles. The monoisotopic (exact) mass is 408 g/mol. The molecule has 3 saturated heterocycles. The standard InChI is InChI=1S/C24H28N2O4/c1-16-2-5-19(6-3-16)28-14-20-15-29-23-12-18(4-7-22(23)30-20)24(27)25-21-13-26-10-8-17(21)9-11-26/h2-7,12,17,20-21H,8-11,13-15H2,1H3,(H,25,27)/t20-,21-/m0/s1. The number of hydrogen-bond donors (Lipinski definition) is 1. The van der Waals surface area contributed by atoms with Crippen LogP contribution in [0.1, 0.15) is 28.8 Å². The Morgan fingerprint density at radius 2 is 1.93 bits per heavy atom. The van der Waals surface area contributed by atoms with Gasteiger partial charge in [0.05, 0.1) is 0 Å². The number of aryl methyl sites for hydroxylation is 1. The van der Waals surface area contributed by atoms with Crippen LogP contribution >= 0.6 is 0 Å². The molecule has 0 aliphatic carbocycles. The summed E-state index contributed by atoms with van der Waals surface area (Å²) in [4.78, 5) is 15.2. The Bertz CT molecular complexity index is 906. The second kappa shape index (κ2) is 8.19. The second-order valence-electron chi connectivity index (χ2n) is 8.55. The van der Waals surface area contributed by atoms with E-state index in [4.69, 9.17) is 14.2 Å². The van der Waals surface area contributed by atoms with Gasteiger partial charge >= 0.3 is 0 Å². The highest BCUT2D eigenvalue weighted by atomic mass is 16.6. The van der Waals surface area contributed by atoms with E-state index < -0.39 is 0 Å². The quantitative estimate of drug-likeness (QED) is 0.824. The number of piperidine rings is 3. The summed E-state index contributed by atoms with van der Waals surface area (Å²) >= 11 is 0. The summed E-state index contributed by atoms with van der Waals surface area (Å²) in [5, 5.41) is 3.23. The van der Waals surface area contributed by atoms with E-state index in [0.29, 0.717) is 36.2 Å². The van der Waals surface area contributed by atoms with Gasteiger partial charge in [-0.25, -0.2) is 0 Å². The number of benzene rings is 2. The lowest BCUT2D eigenvalue weighted by molar-refractivity contribution is 0.0531. The van der Waals surface area contributed by atoms with Crippen LogP contribution in [0.2, 0.25) is 0 Å². The number of hydrogen-bond acceptors (Lipinski definition) is 5. The van der Waals surface area contributed by atoms with Gasteiger partial charge in [0.2, 0.25) is 0 Å². The first-order chi connectivity index (χ1) is 14.6. The van der Waals surface area contributed by atoms with Crippen molar-refractivity contribution in [2.75, 3.05) is 32.8 Å². The molecule has 6 rings (SSSR count). The zero-order valence-corrected chi connectivity index (χ0v) is 17.3. The van der Waals surface area contributed by atoms with Crippen LogP contribution in [-0.4, -0.2) is 55.8 Å². The van der Waals surface area contributed by atoms with E-state index in [-0.39, 0.29) is 18.1 Å². The van der Waals surface area contributed by atoms with Crippen LogP contribution in [0.5, 0.6) is 17.2 Å². The molecule has 30 heavy (non-hydrogen) atoms. The Morgan fingerprint density at radius 1 is 1.13 bits per heavy atom. The Morgan fingerprint density at radius 3 is 2.67 bits per heavy atom. The van der Waals surface area contributed by atoms with Crippen molar-refractivity contribution >= 4 is 5.91 Å². The molecule has 2 bridgehead atoms. The lowest BCUT2D eigenvalue weighted by atomic mass is 9.84. The summed E-state index contributed by atoms with van der Waals surface area (Å²) in [5.74, 6) is 2.64. The molecule has 4 aliphatic rings. The smallest absolute Gasteiger partial charge is 0.251 e. The average molecular weight is 408 g/mol. The molecule has 1 N–H and O–H groups in total. The zero-order valence-electron chi connectivity index (χ0n) is 17.3. The number of fused-ring (bicyclic) bond motifs is 4. The van der Waals surface area contributed by atoms with Crippen molar-refractivity contribution in [3.63, 3.8) is 0 Å². The maximum absolute atomic E-state index is 12.8. The molecular weight excluding hydrogens is 380 g/mol. The van der Waals surface area contributed by atoms with Crippen molar-refractivity contribution in [3.05, 3.63) is 53.6 Å². The predicted molar refractivity (Wildman–Crippen MR) is 113 cm³/mol. The van der Waals surface area contributed by atoms with Crippen LogP contribution in [0.3, 0.4) is 0 Å². The molecule has 2 aromatic carbocycles. The van der Waals surface area contributed by atoms with Crippen LogP contribution in [0.4, 0.5) is 0 Å². The van der Waals surface area contributed by atoms with Gasteiger partial charge in [-0.3, -0.25) is 4.79 Å². The molecule has 1 amide bonds. The van der Waals surface area contributed by atoms with Crippen molar-refractivity contribution in [1.29, 1.82) is 0 Å². The SMILES string of the molecule is Cc1ccc(OC[C@H]2COc3cc(C(=O)N[C@H]4CN5CCC4CC5)ccc3O2)cc1. The number of ether oxygens (including phenoxy) is 3. The van der Waals surface area contributed by atoms with Crippen LogP contribution in [0.15, 0.2) is 42.5 Å². The van der Waals surface area contributed by atoms with Gasteiger partial charge in [-0.2, -0.15) is 0 Å². The summed E-state index contributed by atoms with van der Waals surface area (Å²) in [5.41, 5.74) is 1.81. The molecule has 2 aromatic rings. The molecule has 0 aromatic heterocycles. The van der Waals surface area contributed by atoms with Gasteiger partial charge in [0.1, 0.15) is 19.0 Å². The lowest BCUT2D eigenvalue weighted by Crippen LogP contribution is -2.57. The van der Waals surface area contributed by atoms with Gasteiger partial charge < -0.3 is 24.4 Å². The van der Waals surface area contributed by atoms with E-state index in [0.717, 1.165) is 25.4 Å². The van der Waals surface area contributed by atoms with Gasteiger partial charge in [0, 0.05) is 18.2 Å². The van der Waals surface area contributed by atoms with Gasteiger partial charge in [-0.15, -0.1) is 0 Å². The van der Waals surface area contributed by atoms with Gasteiger partial charge in [0.15, 0.2) is 17.6 Å². The summed E-state index contributed by atoms with van der Waals surface area (Å²) in [7, 11) is 0. The van der Waals surface area contributed by atoms with Gasteiger partial charge in [-0.05, 0) is 69.1 Å². The molecule has 0 spiro atoms. The van der Waals surface area contributed by atoms with Crippen LogP contribution in [0, 0.1) is 12.8 Å². The molecule has 2 atom stereocenters. The Hall–Kier alpha value is -2.73. The third kappa shape index (κ3) is 4.10. The van der Waals surface area contributed by atoms with Crippen LogP contribution in [0.25, 0.3) is 0 Å². The molecule has 6 heteroatoms. The molecule has 158 valence electrons. The third-order valence-electron chi connectivity index (χ3n) is 6.35. The van der Waals surface area contributed by atoms with Gasteiger partial charge in [0.25, 0.3) is 5.91 Å². The van der Waals surface area contributed by atoms with Crippen molar-refractivity contribution < 1.29 is 19.0 Å². The Labute approximate surface area is 177 Å². The summed E-state index contributed by atoms with van der Waals surface area (Å²) in [6.45, 7) is 6.13. The molecule has 0 radical (unpaired) electrons.